The van der Waals surface area contributed by atoms with Crippen molar-refractivity contribution in [2.75, 3.05) is 6.61 Å². The topological polar surface area (TPSA) is 50.8 Å². The van der Waals surface area contributed by atoms with Crippen LogP contribution in [0.4, 0.5) is 0 Å². The number of hydrogen-bond donors (Lipinski definition) is 1. The molecule has 2 aromatic carbocycles. The molecule has 0 fully saturated rings. The van der Waals surface area contributed by atoms with Crippen LogP contribution in [0.25, 0.3) is 21.9 Å². The molecule has 2 heterocycles. The van der Waals surface area contributed by atoms with Gasteiger partial charge in [-0.05, 0) is 18.2 Å². The van der Waals surface area contributed by atoms with Gasteiger partial charge in [0, 0.05) is 11.3 Å². The maximum atomic E-state index is 5.89. The fourth-order valence-corrected chi connectivity index (χ4v) is 2.82. The van der Waals surface area contributed by atoms with Crippen molar-refractivity contribution in [3.8, 4) is 5.75 Å². The average molecular weight is 303 g/mol. The van der Waals surface area contributed by atoms with Gasteiger partial charge >= 0.3 is 0 Å². The van der Waals surface area contributed by atoms with E-state index < -0.39 is 0 Å². The zero-order chi connectivity index (χ0) is 15.6. The Hall–Kier alpha value is -2.88. The molecule has 4 rings (SSSR count). The molecule has 1 unspecified atom stereocenters. The summed E-state index contributed by atoms with van der Waals surface area (Å²) < 4.78 is 5.89. The predicted octanol–water partition coefficient (Wildman–Crippen LogP) is 4.29. The molecular formula is C19H17N3O. The van der Waals surface area contributed by atoms with Gasteiger partial charge in [-0.25, -0.2) is 4.98 Å². The van der Waals surface area contributed by atoms with Crippen molar-refractivity contribution in [1.82, 2.24) is 15.0 Å². The summed E-state index contributed by atoms with van der Waals surface area (Å²) in [4.78, 5) is 12.5. The van der Waals surface area contributed by atoms with Gasteiger partial charge in [-0.1, -0.05) is 43.3 Å². The number of pyridine rings is 1. The number of hydrogen-bond acceptors (Lipinski definition) is 3. The van der Waals surface area contributed by atoms with Crippen molar-refractivity contribution in [2.45, 2.75) is 12.8 Å². The quantitative estimate of drug-likeness (QED) is 0.611. The Labute approximate surface area is 134 Å². The summed E-state index contributed by atoms with van der Waals surface area (Å²) in [5.74, 6) is 1.03. The van der Waals surface area contributed by atoms with Crippen LogP contribution in [-0.4, -0.2) is 21.6 Å². The first-order valence-electron chi connectivity index (χ1n) is 7.72. The minimum atomic E-state index is 0.155. The molecule has 0 amide bonds. The number of para-hydroxylation sites is 2. The summed E-state index contributed by atoms with van der Waals surface area (Å²) in [6.07, 6.45) is 1.73. The van der Waals surface area contributed by atoms with Crippen LogP contribution in [0.3, 0.4) is 0 Å². The van der Waals surface area contributed by atoms with E-state index in [-0.39, 0.29) is 5.92 Å². The number of H-pyrrole nitrogens is 1. The van der Waals surface area contributed by atoms with Crippen molar-refractivity contribution in [2.24, 2.45) is 0 Å². The van der Waals surface area contributed by atoms with Crippen LogP contribution in [0.2, 0.25) is 0 Å². The number of fused-ring (bicyclic) bond motifs is 3. The minimum Gasteiger partial charge on any atom is -0.493 e. The molecule has 4 aromatic rings. The van der Waals surface area contributed by atoms with Crippen LogP contribution in [0.1, 0.15) is 18.5 Å². The molecule has 0 saturated carbocycles. The van der Waals surface area contributed by atoms with Crippen molar-refractivity contribution in [3.63, 3.8) is 0 Å². The van der Waals surface area contributed by atoms with E-state index in [4.69, 9.17) is 9.72 Å². The number of rotatable bonds is 4. The van der Waals surface area contributed by atoms with Crippen LogP contribution < -0.4 is 4.74 Å². The molecule has 4 heteroatoms. The lowest BCUT2D eigenvalue weighted by atomic mass is 10.0. The number of aromatic amines is 1. The molecule has 23 heavy (non-hydrogen) atoms. The molecule has 0 bridgehead atoms. The molecule has 0 aliphatic carbocycles. The zero-order valence-electron chi connectivity index (χ0n) is 12.9. The van der Waals surface area contributed by atoms with E-state index in [1.54, 1.807) is 6.33 Å². The second kappa shape index (κ2) is 5.72. The highest BCUT2D eigenvalue weighted by Crippen LogP contribution is 2.28. The Morgan fingerprint density at radius 2 is 1.83 bits per heavy atom. The fraction of sp³-hybridized carbons (Fsp3) is 0.158. The highest BCUT2D eigenvalue weighted by Gasteiger charge is 2.16. The Balaban J connectivity index is 1.70. The lowest BCUT2D eigenvalue weighted by molar-refractivity contribution is 0.294. The second-order valence-electron chi connectivity index (χ2n) is 5.67. The SMILES string of the molecule is CC(COc1ccccc1)c1nc2ccccc2c2nc[nH]c12. The van der Waals surface area contributed by atoms with E-state index in [0.29, 0.717) is 6.61 Å². The number of nitrogens with one attached hydrogen (secondary N) is 1. The summed E-state index contributed by atoms with van der Waals surface area (Å²) in [5, 5.41) is 1.07. The van der Waals surface area contributed by atoms with E-state index >= 15 is 0 Å². The van der Waals surface area contributed by atoms with E-state index in [1.165, 1.54) is 0 Å². The minimum absolute atomic E-state index is 0.155. The third kappa shape index (κ3) is 2.52. The standard InChI is InChI=1S/C19H17N3O/c1-13(11-23-14-7-3-2-4-8-14)17-19-18(20-12-21-19)15-9-5-6-10-16(15)22-17/h2-10,12-13H,11H2,1H3,(H,20,21). The van der Waals surface area contributed by atoms with Crippen LogP contribution >= 0.6 is 0 Å². The Bertz CT molecular complexity index is 947. The third-order valence-corrected chi connectivity index (χ3v) is 4.01. The Morgan fingerprint density at radius 3 is 2.70 bits per heavy atom. The molecule has 1 atom stereocenters. The van der Waals surface area contributed by atoms with Gasteiger partial charge in [0.05, 0.1) is 35.2 Å². The van der Waals surface area contributed by atoms with Gasteiger partial charge in [0.2, 0.25) is 0 Å². The Kier molecular flexibility index (Phi) is 3.42. The van der Waals surface area contributed by atoms with E-state index in [1.807, 2.05) is 48.5 Å². The molecule has 0 saturated heterocycles. The molecule has 0 radical (unpaired) electrons. The smallest absolute Gasteiger partial charge is 0.119 e. The summed E-state index contributed by atoms with van der Waals surface area (Å²) in [6.45, 7) is 2.70. The number of benzene rings is 2. The molecule has 2 aromatic heterocycles. The van der Waals surface area contributed by atoms with Gasteiger partial charge in [-0.2, -0.15) is 0 Å². The highest BCUT2D eigenvalue weighted by molar-refractivity contribution is 6.02. The average Bonchev–Trinajstić information content (AvgIpc) is 3.10. The first-order valence-corrected chi connectivity index (χ1v) is 7.72. The maximum absolute atomic E-state index is 5.89. The number of ether oxygens (including phenoxy) is 1. The lowest BCUT2D eigenvalue weighted by Crippen LogP contribution is -2.09. The van der Waals surface area contributed by atoms with Gasteiger partial charge < -0.3 is 9.72 Å². The normalized spacial score (nSPS) is 12.6. The van der Waals surface area contributed by atoms with Crippen LogP contribution in [0.5, 0.6) is 5.75 Å². The summed E-state index contributed by atoms with van der Waals surface area (Å²) >= 11 is 0. The zero-order valence-corrected chi connectivity index (χ0v) is 12.9. The molecule has 4 nitrogen and oxygen atoms in total. The fourth-order valence-electron chi connectivity index (χ4n) is 2.82. The molecular weight excluding hydrogens is 286 g/mol. The van der Waals surface area contributed by atoms with Crippen molar-refractivity contribution >= 4 is 21.9 Å². The largest absolute Gasteiger partial charge is 0.493 e. The number of aromatic nitrogens is 3. The van der Waals surface area contributed by atoms with Gasteiger partial charge in [0.1, 0.15) is 5.75 Å². The highest BCUT2D eigenvalue weighted by atomic mass is 16.5. The van der Waals surface area contributed by atoms with E-state index in [0.717, 1.165) is 33.4 Å². The van der Waals surface area contributed by atoms with Gasteiger partial charge in [0.15, 0.2) is 0 Å². The van der Waals surface area contributed by atoms with Crippen molar-refractivity contribution in [1.29, 1.82) is 0 Å². The van der Waals surface area contributed by atoms with Crippen molar-refractivity contribution in [3.05, 3.63) is 66.6 Å². The summed E-state index contributed by atoms with van der Waals surface area (Å²) in [6, 6.07) is 18.0. The van der Waals surface area contributed by atoms with E-state index in [2.05, 4.69) is 23.0 Å². The van der Waals surface area contributed by atoms with Crippen molar-refractivity contribution < 1.29 is 4.74 Å². The van der Waals surface area contributed by atoms with Gasteiger partial charge in [-0.3, -0.25) is 4.98 Å². The third-order valence-electron chi connectivity index (χ3n) is 4.01. The molecule has 0 aliphatic heterocycles. The first kappa shape index (κ1) is 13.8. The Morgan fingerprint density at radius 1 is 1.04 bits per heavy atom. The van der Waals surface area contributed by atoms with Gasteiger partial charge in [-0.15, -0.1) is 0 Å². The molecule has 0 spiro atoms. The van der Waals surface area contributed by atoms with Crippen LogP contribution in [0, 0.1) is 0 Å². The number of nitrogens with zero attached hydrogens (tertiary/aromatic N) is 2. The predicted molar refractivity (Wildman–Crippen MR) is 91.7 cm³/mol. The summed E-state index contributed by atoms with van der Waals surface area (Å²) in [7, 11) is 0. The second-order valence-corrected chi connectivity index (χ2v) is 5.67. The van der Waals surface area contributed by atoms with Gasteiger partial charge in [0.25, 0.3) is 0 Å². The molecule has 1 N–H and O–H groups in total. The lowest BCUT2D eigenvalue weighted by Gasteiger charge is -2.14. The van der Waals surface area contributed by atoms with Crippen LogP contribution in [0.15, 0.2) is 60.9 Å². The van der Waals surface area contributed by atoms with E-state index in [9.17, 15) is 0 Å². The number of imidazole rings is 1. The summed E-state index contributed by atoms with van der Waals surface area (Å²) in [5.41, 5.74) is 3.92. The molecule has 114 valence electrons. The maximum Gasteiger partial charge on any atom is 0.119 e. The van der Waals surface area contributed by atoms with Crippen LogP contribution in [-0.2, 0) is 0 Å². The monoisotopic (exact) mass is 303 g/mol. The first-order chi connectivity index (χ1) is 11.3. The molecule has 0 aliphatic rings.